The average molecular weight is 1150 g/mol. The van der Waals surface area contributed by atoms with Gasteiger partial charge in [-0.2, -0.15) is 0 Å². The van der Waals surface area contributed by atoms with Crippen molar-refractivity contribution in [1.82, 2.24) is 5.32 Å². The number of nitrogens with one attached hydrogen (secondary N) is 1. The van der Waals surface area contributed by atoms with Gasteiger partial charge < -0.3 is 20.3 Å². The Bertz CT molecular complexity index is 1330. The number of carbonyl (C=O) groups is 2. The molecule has 1 amide bonds. The zero-order chi connectivity index (χ0) is 59.2. The zero-order valence-electron chi connectivity index (χ0n) is 55.5. The van der Waals surface area contributed by atoms with E-state index in [0.717, 1.165) is 51.4 Å². The Morgan fingerprint density at radius 3 is 0.963 bits per heavy atom. The maximum absolute atomic E-state index is 12.6. The standard InChI is InChI=1S/C76H145NO5/c1-3-5-7-9-11-13-15-17-19-21-22-23-27-30-33-37-40-44-48-52-56-60-64-68-74(79)73(72-78)77-75(80)69-65-61-57-53-49-45-41-38-34-31-28-25-24-26-29-32-35-39-43-47-51-55-59-63-67-71-82-76(81)70-66-62-58-54-50-46-42-36-20-18-16-14-12-10-8-6-4-2/h12,14,18,20,25,28,73-74,78-79H,3-11,13,15-17,19,21-24,26-27,29-72H2,1-2H3,(H,77,80)/b14-12-,20-18-,28-25-. The number of esters is 1. The molecule has 0 aliphatic carbocycles. The van der Waals surface area contributed by atoms with Crippen LogP contribution in [0.5, 0.6) is 0 Å². The summed E-state index contributed by atoms with van der Waals surface area (Å²) >= 11 is 0. The Kier molecular flexibility index (Phi) is 69.9. The van der Waals surface area contributed by atoms with Crippen LogP contribution in [0.3, 0.4) is 0 Å². The number of hydrogen-bond acceptors (Lipinski definition) is 5. The summed E-state index contributed by atoms with van der Waals surface area (Å²) in [5.74, 6) is -0.0271. The van der Waals surface area contributed by atoms with Crippen LogP contribution in [0, 0.1) is 0 Å². The Hall–Kier alpha value is -1.92. The van der Waals surface area contributed by atoms with Crippen LogP contribution in [0.2, 0.25) is 0 Å². The molecule has 0 aliphatic rings. The number of ether oxygens (including phenoxy) is 1. The van der Waals surface area contributed by atoms with Gasteiger partial charge in [0.15, 0.2) is 0 Å². The molecular weight excluding hydrogens is 1010 g/mol. The molecule has 0 aromatic rings. The number of amides is 1. The number of aliphatic hydroxyl groups is 2. The minimum Gasteiger partial charge on any atom is -0.466 e. The SMILES string of the molecule is CCCCC/C=C\C/C=C\CCCCCCCCCC(=O)OCCCCCCCCCCCCCC/C=C\CCCCCCCCCCCC(=O)NC(CO)C(O)CCCCCCCCCCCCCCCCCCCCCCCCC. The van der Waals surface area contributed by atoms with Gasteiger partial charge in [-0.05, 0) is 83.5 Å². The van der Waals surface area contributed by atoms with Crippen LogP contribution in [-0.4, -0.2) is 47.4 Å². The highest BCUT2D eigenvalue weighted by molar-refractivity contribution is 5.76. The fourth-order valence-electron chi connectivity index (χ4n) is 11.7. The van der Waals surface area contributed by atoms with Crippen LogP contribution in [0.15, 0.2) is 36.5 Å². The molecule has 0 saturated heterocycles. The van der Waals surface area contributed by atoms with E-state index in [1.54, 1.807) is 0 Å². The van der Waals surface area contributed by atoms with Gasteiger partial charge in [0.1, 0.15) is 0 Å². The first-order valence-electron chi connectivity index (χ1n) is 37.2. The fourth-order valence-corrected chi connectivity index (χ4v) is 11.7. The summed E-state index contributed by atoms with van der Waals surface area (Å²) in [4.78, 5) is 24.7. The summed E-state index contributed by atoms with van der Waals surface area (Å²) in [5, 5.41) is 23.4. The van der Waals surface area contributed by atoms with Gasteiger partial charge in [-0.15, -0.1) is 0 Å². The van der Waals surface area contributed by atoms with E-state index in [2.05, 4.69) is 55.6 Å². The predicted molar refractivity (Wildman–Crippen MR) is 361 cm³/mol. The zero-order valence-corrected chi connectivity index (χ0v) is 55.5. The van der Waals surface area contributed by atoms with Crippen molar-refractivity contribution in [2.75, 3.05) is 13.2 Å². The largest absolute Gasteiger partial charge is 0.466 e. The topological polar surface area (TPSA) is 95.9 Å². The highest BCUT2D eigenvalue weighted by Gasteiger charge is 2.20. The lowest BCUT2D eigenvalue weighted by Crippen LogP contribution is -2.45. The first-order valence-corrected chi connectivity index (χ1v) is 37.2. The van der Waals surface area contributed by atoms with Gasteiger partial charge in [0, 0.05) is 12.8 Å². The maximum Gasteiger partial charge on any atom is 0.305 e. The summed E-state index contributed by atoms with van der Waals surface area (Å²) in [6, 6.07) is -0.546. The number of aliphatic hydroxyl groups excluding tert-OH is 2. The smallest absolute Gasteiger partial charge is 0.305 e. The third-order valence-electron chi connectivity index (χ3n) is 17.4. The Morgan fingerprint density at radius 1 is 0.341 bits per heavy atom. The van der Waals surface area contributed by atoms with E-state index >= 15 is 0 Å². The van der Waals surface area contributed by atoms with Crippen molar-refractivity contribution in [3.63, 3.8) is 0 Å². The molecule has 0 spiro atoms. The van der Waals surface area contributed by atoms with E-state index in [-0.39, 0.29) is 18.5 Å². The van der Waals surface area contributed by atoms with Gasteiger partial charge in [-0.1, -0.05) is 352 Å². The van der Waals surface area contributed by atoms with Crippen LogP contribution < -0.4 is 5.32 Å². The third-order valence-corrected chi connectivity index (χ3v) is 17.4. The molecule has 0 saturated carbocycles. The van der Waals surface area contributed by atoms with Gasteiger partial charge in [0.05, 0.1) is 25.4 Å². The van der Waals surface area contributed by atoms with Gasteiger partial charge in [0.25, 0.3) is 0 Å². The van der Waals surface area contributed by atoms with Gasteiger partial charge in [-0.3, -0.25) is 9.59 Å². The van der Waals surface area contributed by atoms with Crippen LogP contribution in [0.1, 0.15) is 412 Å². The third kappa shape index (κ3) is 67.2. The van der Waals surface area contributed by atoms with E-state index in [1.165, 1.54) is 327 Å². The van der Waals surface area contributed by atoms with Crippen LogP contribution in [0.4, 0.5) is 0 Å². The summed E-state index contributed by atoms with van der Waals surface area (Å²) in [6.07, 6.45) is 92.0. The van der Waals surface area contributed by atoms with Crippen molar-refractivity contribution in [3.05, 3.63) is 36.5 Å². The molecule has 6 heteroatoms. The number of unbranched alkanes of at least 4 members (excludes halogenated alkanes) is 53. The summed E-state index contributed by atoms with van der Waals surface area (Å²) in [7, 11) is 0. The number of hydrogen-bond donors (Lipinski definition) is 3. The summed E-state index contributed by atoms with van der Waals surface area (Å²) in [5.41, 5.74) is 0. The van der Waals surface area contributed by atoms with Gasteiger partial charge in [-0.25, -0.2) is 0 Å². The fraction of sp³-hybridized carbons (Fsp3) is 0.895. The highest BCUT2D eigenvalue weighted by atomic mass is 16.5. The lowest BCUT2D eigenvalue weighted by Gasteiger charge is -2.22. The van der Waals surface area contributed by atoms with E-state index in [4.69, 9.17) is 4.74 Å². The van der Waals surface area contributed by atoms with Crippen molar-refractivity contribution in [2.24, 2.45) is 0 Å². The molecule has 3 N–H and O–H groups in total. The molecule has 82 heavy (non-hydrogen) atoms. The Labute approximate surface area is 513 Å². The van der Waals surface area contributed by atoms with E-state index < -0.39 is 12.1 Å². The monoisotopic (exact) mass is 1150 g/mol. The van der Waals surface area contributed by atoms with Gasteiger partial charge >= 0.3 is 5.97 Å². The molecule has 2 unspecified atom stereocenters. The molecule has 6 nitrogen and oxygen atoms in total. The minimum atomic E-state index is -0.668. The van der Waals surface area contributed by atoms with E-state index in [1.807, 2.05) is 0 Å². The molecule has 0 aliphatic heterocycles. The maximum atomic E-state index is 12.6. The number of carbonyl (C=O) groups excluding carboxylic acids is 2. The molecule has 0 heterocycles. The molecule has 0 fully saturated rings. The average Bonchev–Trinajstić information content (AvgIpc) is 3.48. The van der Waals surface area contributed by atoms with Crippen molar-refractivity contribution in [2.45, 2.75) is 424 Å². The second kappa shape index (κ2) is 71.6. The summed E-state index contributed by atoms with van der Waals surface area (Å²) < 4.78 is 5.50. The molecule has 0 aromatic carbocycles. The lowest BCUT2D eigenvalue weighted by atomic mass is 10.0. The molecule has 0 aromatic heterocycles. The second-order valence-corrected chi connectivity index (χ2v) is 25.6. The minimum absolute atomic E-state index is 0.00648. The molecule has 0 bridgehead atoms. The number of allylic oxidation sites excluding steroid dienone is 6. The van der Waals surface area contributed by atoms with Crippen LogP contribution >= 0.6 is 0 Å². The summed E-state index contributed by atoms with van der Waals surface area (Å²) in [6.45, 7) is 4.96. The van der Waals surface area contributed by atoms with Crippen molar-refractivity contribution < 1.29 is 24.5 Å². The number of rotatable bonds is 70. The Balaban J connectivity index is 3.40. The van der Waals surface area contributed by atoms with Crippen molar-refractivity contribution in [3.8, 4) is 0 Å². The van der Waals surface area contributed by atoms with Crippen molar-refractivity contribution in [1.29, 1.82) is 0 Å². The Morgan fingerprint density at radius 2 is 0.610 bits per heavy atom. The molecule has 484 valence electrons. The van der Waals surface area contributed by atoms with E-state index in [0.29, 0.717) is 25.9 Å². The van der Waals surface area contributed by atoms with E-state index in [9.17, 15) is 19.8 Å². The first-order chi connectivity index (χ1) is 40.5. The highest BCUT2D eigenvalue weighted by Crippen LogP contribution is 2.19. The predicted octanol–water partition coefficient (Wildman–Crippen LogP) is 24.3. The first kappa shape index (κ1) is 80.1. The molecule has 0 radical (unpaired) electrons. The van der Waals surface area contributed by atoms with Crippen molar-refractivity contribution >= 4 is 11.9 Å². The van der Waals surface area contributed by atoms with Crippen LogP contribution in [-0.2, 0) is 14.3 Å². The molecule has 0 rings (SSSR count). The normalized spacial score (nSPS) is 12.7. The molecular formula is C76H145NO5. The van der Waals surface area contributed by atoms with Crippen LogP contribution in [0.25, 0.3) is 0 Å². The molecule has 2 atom stereocenters. The van der Waals surface area contributed by atoms with Gasteiger partial charge in [0.2, 0.25) is 5.91 Å². The quantitative estimate of drug-likeness (QED) is 0.0320. The lowest BCUT2D eigenvalue weighted by molar-refractivity contribution is -0.143. The second-order valence-electron chi connectivity index (χ2n) is 25.6.